The summed E-state index contributed by atoms with van der Waals surface area (Å²) in [6.45, 7) is 8.12. The number of aliphatic imine (C=N–C) groups is 1. The van der Waals surface area contributed by atoms with Crippen LogP contribution in [0.2, 0.25) is 0 Å². The first-order chi connectivity index (χ1) is 14.1. The first-order valence-corrected chi connectivity index (χ1v) is 11.3. The van der Waals surface area contributed by atoms with Gasteiger partial charge >= 0.3 is 0 Å². The monoisotopic (exact) mass is 415 g/mol. The van der Waals surface area contributed by atoms with Gasteiger partial charge in [0.2, 0.25) is 0 Å². The molecule has 1 aromatic carbocycles. The highest BCUT2D eigenvalue weighted by Gasteiger charge is 2.23. The lowest BCUT2D eigenvalue weighted by Crippen LogP contribution is -2.42. The van der Waals surface area contributed by atoms with Gasteiger partial charge in [-0.05, 0) is 49.5 Å². The summed E-state index contributed by atoms with van der Waals surface area (Å²) >= 11 is 1.70. The fraction of sp³-hybridized carbons (Fsp3) is 0.545. The Balaban J connectivity index is 1.60. The molecule has 0 aliphatic carbocycles. The van der Waals surface area contributed by atoms with Gasteiger partial charge in [0.15, 0.2) is 5.96 Å². The predicted molar refractivity (Wildman–Crippen MR) is 121 cm³/mol. The van der Waals surface area contributed by atoms with Gasteiger partial charge in [0.05, 0.1) is 25.4 Å². The summed E-state index contributed by atoms with van der Waals surface area (Å²) in [5.41, 5.74) is 2.46. The highest BCUT2D eigenvalue weighted by molar-refractivity contribution is 7.09. The van der Waals surface area contributed by atoms with Crippen LogP contribution < -0.4 is 15.4 Å². The molecule has 3 rings (SSSR count). The van der Waals surface area contributed by atoms with E-state index in [1.807, 2.05) is 19.2 Å². The van der Waals surface area contributed by atoms with E-state index in [-0.39, 0.29) is 0 Å². The summed E-state index contributed by atoms with van der Waals surface area (Å²) in [7, 11) is 3.52. The minimum Gasteiger partial charge on any atom is -0.497 e. The topological polar surface area (TPSA) is 61.8 Å². The van der Waals surface area contributed by atoms with Gasteiger partial charge in [-0.1, -0.05) is 26.0 Å². The van der Waals surface area contributed by atoms with Gasteiger partial charge in [-0.25, -0.2) is 4.98 Å². The summed E-state index contributed by atoms with van der Waals surface area (Å²) in [5, 5.41) is 10.1. The molecular weight excluding hydrogens is 382 g/mol. The van der Waals surface area contributed by atoms with E-state index in [0.717, 1.165) is 42.0 Å². The Morgan fingerprint density at radius 3 is 2.52 bits per heavy atom. The van der Waals surface area contributed by atoms with Gasteiger partial charge in [0, 0.05) is 19.0 Å². The average Bonchev–Trinajstić information content (AvgIpc) is 3.43. The van der Waals surface area contributed by atoms with Crippen LogP contribution in [0.4, 0.5) is 0 Å². The first-order valence-electron chi connectivity index (χ1n) is 10.4. The molecule has 1 aromatic heterocycles. The molecule has 1 unspecified atom stereocenters. The van der Waals surface area contributed by atoms with Crippen LogP contribution in [0.3, 0.4) is 0 Å². The second-order valence-corrected chi connectivity index (χ2v) is 8.60. The molecule has 2 heterocycles. The maximum absolute atomic E-state index is 5.32. The van der Waals surface area contributed by atoms with Crippen LogP contribution in [0, 0.1) is 0 Å². The number of benzene rings is 1. The number of guanidine groups is 1. The van der Waals surface area contributed by atoms with Gasteiger partial charge in [0.1, 0.15) is 10.8 Å². The number of nitrogens with one attached hydrogen (secondary N) is 2. The van der Waals surface area contributed by atoms with E-state index in [4.69, 9.17) is 9.72 Å². The predicted octanol–water partition coefficient (Wildman–Crippen LogP) is 3.78. The van der Waals surface area contributed by atoms with Crippen molar-refractivity contribution < 1.29 is 4.74 Å². The van der Waals surface area contributed by atoms with Crippen LogP contribution in [-0.2, 0) is 6.54 Å². The van der Waals surface area contributed by atoms with Crippen molar-refractivity contribution in [3.63, 3.8) is 0 Å². The smallest absolute Gasteiger partial charge is 0.191 e. The molecule has 1 saturated heterocycles. The molecule has 0 amide bonds. The van der Waals surface area contributed by atoms with E-state index in [9.17, 15) is 0 Å². The maximum atomic E-state index is 5.32. The molecule has 1 aliphatic heterocycles. The number of hydrogen-bond acceptors (Lipinski definition) is 5. The normalized spacial score (nSPS) is 16.2. The second kappa shape index (κ2) is 10.6. The zero-order valence-corrected chi connectivity index (χ0v) is 18.8. The Hall–Kier alpha value is -2.12. The van der Waals surface area contributed by atoms with E-state index in [1.54, 1.807) is 18.4 Å². The lowest BCUT2D eigenvalue weighted by atomic mass is 10.1. The van der Waals surface area contributed by atoms with E-state index in [1.165, 1.54) is 18.4 Å². The molecule has 158 valence electrons. The Morgan fingerprint density at radius 2 is 1.93 bits per heavy atom. The minimum absolute atomic E-state index is 0.314. The van der Waals surface area contributed by atoms with Crippen molar-refractivity contribution in [3.8, 4) is 5.75 Å². The molecule has 0 saturated carbocycles. The van der Waals surface area contributed by atoms with Crippen LogP contribution in [0.15, 0.2) is 34.6 Å². The number of ether oxygens (including phenoxy) is 1. The maximum Gasteiger partial charge on any atom is 0.191 e. The average molecular weight is 416 g/mol. The van der Waals surface area contributed by atoms with Crippen molar-refractivity contribution in [2.24, 2.45) is 4.99 Å². The third-order valence-electron chi connectivity index (χ3n) is 5.34. The van der Waals surface area contributed by atoms with Crippen molar-refractivity contribution in [1.29, 1.82) is 0 Å². The van der Waals surface area contributed by atoms with Gasteiger partial charge in [-0.2, -0.15) is 0 Å². The number of likely N-dealkylation sites (tertiary alicyclic amines) is 1. The van der Waals surface area contributed by atoms with Gasteiger partial charge in [-0.15, -0.1) is 11.3 Å². The Bertz CT molecular complexity index is 781. The number of hydrogen-bond donors (Lipinski definition) is 2. The van der Waals surface area contributed by atoms with E-state index in [0.29, 0.717) is 18.5 Å². The summed E-state index contributed by atoms with van der Waals surface area (Å²) < 4.78 is 5.32. The fourth-order valence-electron chi connectivity index (χ4n) is 3.58. The first kappa shape index (κ1) is 21.6. The molecule has 6 nitrogen and oxygen atoms in total. The Labute approximate surface area is 178 Å². The van der Waals surface area contributed by atoms with Crippen molar-refractivity contribution >= 4 is 17.3 Å². The molecule has 2 N–H and O–H groups in total. The molecule has 0 spiro atoms. The molecule has 1 atom stereocenters. The summed E-state index contributed by atoms with van der Waals surface area (Å²) in [5.74, 6) is 2.16. The summed E-state index contributed by atoms with van der Waals surface area (Å²) in [6.07, 6.45) is 2.53. The zero-order chi connectivity index (χ0) is 20.6. The number of methoxy groups -OCH3 is 1. The van der Waals surface area contributed by atoms with Gasteiger partial charge < -0.3 is 15.4 Å². The van der Waals surface area contributed by atoms with E-state index >= 15 is 0 Å². The van der Waals surface area contributed by atoms with Crippen molar-refractivity contribution in [2.45, 2.75) is 45.2 Å². The van der Waals surface area contributed by atoms with Crippen LogP contribution in [-0.4, -0.2) is 49.6 Å². The molecule has 0 bridgehead atoms. The largest absolute Gasteiger partial charge is 0.497 e. The number of rotatable bonds is 8. The van der Waals surface area contributed by atoms with Crippen LogP contribution in [0.1, 0.15) is 54.9 Å². The van der Waals surface area contributed by atoms with Crippen molar-refractivity contribution in [1.82, 2.24) is 20.5 Å². The van der Waals surface area contributed by atoms with Crippen LogP contribution in [0.5, 0.6) is 5.75 Å². The molecule has 1 fully saturated rings. The molecule has 1 aliphatic rings. The minimum atomic E-state index is 0.314. The van der Waals surface area contributed by atoms with Crippen molar-refractivity contribution in [2.75, 3.05) is 33.8 Å². The zero-order valence-electron chi connectivity index (χ0n) is 17.9. The molecule has 0 radical (unpaired) electrons. The number of thiazole rings is 1. The molecule has 2 aromatic rings. The quantitative estimate of drug-likeness (QED) is 0.508. The SMILES string of the molecule is CN=C(NCc1nc(C(C)C)cs1)NCC(c1ccc(OC)cc1)N1CCCC1. The Morgan fingerprint density at radius 1 is 1.21 bits per heavy atom. The fourth-order valence-corrected chi connectivity index (χ4v) is 4.48. The molecular formula is C22H33N5OS. The van der Waals surface area contributed by atoms with Gasteiger partial charge in [0.25, 0.3) is 0 Å². The highest BCUT2D eigenvalue weighted by atomic mass is 32.1. The van der Waals surface area contributed by atoms with E-state index in [2.05, 4.69) is 51.9 Å². The third-order valence-corrected chi connectivity index (χ3v) is 6.20. The van der Waals surface area contributed by atoms with Crippen LogP contribution in [0.25, 0.3) is 0 Å². The number of aromatic nitrogens is 1. The van der Waals surface area contributed by atoms with E-state index < -0.39 is 0 Å². The third kappa shape index (κ3) is 5.93. The van der Waals surface area contributed by atoms with Crippen molar-refractivity contribution in [3.05, 3.63) is 45.9 Å². The molecule has 7 heteroatoms. The number of nitrogens with zero attached hydrogens (tertiary/aromatic N) is 3. The van der Waals surface area contributed by atoms with Gasteiger partial charge in [-0.3, -0.25) is 9.89 Å². The Kier molecular flexibility index (Phi) is 7.89. The summed E-state index contributed by atoms with van der Waals surface area (Å²) in [6, 6.07) is 8.74. The highest BCUT2D eigenvalue weighted by Crippen LogP contribution is 2.26. The molecule has 29 heavy (non-hydrogen) atoms. The lowest BCUT2D eigenvalue weighted by molar-refractivity contribution is 0.245. The summed E-state index contributed by atoms with van der Waals surface area (Å²) in [4.78, 5) is 11.6. The lowest BCUT2D eigenvalue weighted by Gasteiger charge is -2.29. The second-order valence-electron chi connectivity index (χ2n) is 7.66. The standard InChI is InChI=1S/C22H33N5OS/c1-16(2)19-15-29-21(26-19)14-25-22(23-3)24-13-20(27-11-5-6-12-27)17-7-9-18(28-4)10-8-17/h7-10,15-16,20H,5-6,11-14H2,1-4H3,(H2,23,24,25). The van der Waals surface area contributed by atoms with Crippen LogP contribution >= 0.6 is 11.3 Å².